The first-order chi connectivity index (χ1) is 9.88. The molecule has 2 rings (SSSR count). The SMILES string of the molecule is CC(CNS(=O)(=O)c1cc(N)cc(F)c1)N1CCCCC1. The minimum absolute atomic E-state index is 0.0967. The van der Waals surface area contributed by atoms with Crippen molar-refractivity contribution in [3.05, 3.63) is 24.0 Å². The van der Waals surface area contributed by atoms with Crippen molar-refractivity contribution in [2.75, 3.05) is 25.4 Å². The van der Waals surface area contributed by atoms with Gasteiger partial charge in [-0.1, -0.05) is 6.42 Å². The Morgan fingerprint density at radius 2 is 1.95 bits per heavy atom. The number of anilines is 1. The molecule has 1 heterocycles. The Labute approximate surface area is 125 Å². The van der Waals surface area contributed by atoms with E-state index in [0.29, 0.717) is 6.54 Å². The van der Waals surface area contributed by atoms with Gasteiger partial charge in [0.2, 0.25) is 10.0 Å². The third kappa shape index (κ3) is 4.39. The minimum atomic E-state index is -3.74. The molecule has 0 saturated carbocycles. The number of nitrogens with zero attached hydrogens (tertiary/aromatic N) is 1. The van der Waals surface area contributed by atoms with Gasteiger partial charge < -0.3 is 5.73 Å². The van der Waals surface area contributed by atoms with E-state index in [-0.39, 0.29) is 16.6 Å². The van der Waals surface area contributed by atoms with Gasteiger partial charge in [0.15, 0.2) is 0 Å². The second-order valence-electron chi connectivity index (χ2n) is 5.52. The van der Waals surface area contributed by atoms with Crippen molar-refractivity contribution in [2.24, 2.45) is 0 Å². The lowest BCUT2D eigenvalue weighted by Crippen LogP contribution is -2.44. The molecule has 0 aromatic heterocycles. The van der Waals surface area contributed by atoms with Crippen LogP contribution in [-0.2, 0) is 10.0 Å². The summed E-state index contributed by atoms with van der Waals surface area (Å²) in [6.45, 7) is 4.29. The molecule has 1 aliphatic heterocycles. The number of nitrogen functional groups attached to an aromatic ring is 1. The molecule has 0 radical (unpaired) electrons. The van der Waals surface area contributed by atoms with Crippen LogP contribution < -0.4 is 10.5 Å². The van der Waals surface area contributed by atoms with Crippen molar-refractivity contribution in [3.8, 4) is 0 Å². The minimum Gasteiger partial charge on any atom is -0.399 e. The topological polar surface area (TPSA) is 75.4 Å². The van der Waals surface area contributed by atoms with Gasteiger partial charge in [0.1, 0.15) is 5.82 Å². The highest BCUT2D eigenvalue weighted by Gasteiger charge is 2.20. The van der Waals surface area contributed by atoms with Crippen molar-refractivity contribution in [2.45, 2.75) is 37.1 Å². The molecule has 1 atom stereocenters. The summed E-state index contributed by atoms with van der Waals surface area (Å²) in [5, 5.41) is 0. The van der Waals surface area contributed by atoms with E-state index in [1.54, 1.807) is 0 Å². The van der Waals surface area contributed by atoms with Crippen LogP contribution >= 0.6 is 0 Å². The van der Waals surface area contributed by atoms with Crippen molar-refractivity contribution < 1.29 is 12.8 Å². The fourth-order valence-corrected chi connectivity index (χ4v) is 3.73. The van der Waals surface area contributed by atoms with Crippen molar-refractivity contribution >= 4 is 15.7 Å². The molecule has 1 saturated heterocycles. The highest BCUT2D eigenvalue weighted by molar-refractivity contribution is 7.89. The zero-order chi connectivity index (χ0) is 15.5. The smallest absolute Gasteiger partial charge is 0.240 e. The van der Waals surface area contributed by atoms with Crippen molar-refractivity contribution in [1.29, 1.82) is 0 Å². The van der Waals surface area contributed by atoms with Crippen LogP contribution in [0.1, 0.15) is 26.2 Å². The van der Waals surface area contributed by atoms with Gasteiger partial charge >= 0.3 is 0 Å². The van der Waals surface area contributed by atoms with Crippen LogP contribution in [0.15, 0.2) is 23.1 Å². The van der Waals surface area contributed by atoms with Crippen LogP contribution in [0.25, 0.3) is 0 Å². The lowest BCUT2D eigenvalue weighted by Gasteiger charge is -2.32. The largest absolute Gasteiger partial charge is 0.399 e. The number of piperidine rings is 1. The number of nitrogens with one attached hydrogen (secondary N) is 1. The number of benzene rings is 1. The first-order valence-corrected chi connectivity index (χ1v) is 8.66. The van der Waals surface area contributed by atoms with Gasteiger partial charge in [-0.25, -0.2) is 17.5 Å². The molecule has 3 N–H and O–H groups in total. The average molecular weight is 315 g/mol. The van der Waals surface area contributed by atoms with E-state index < -0.39 is 15.8 Å². The van der Waals surface area contributed by atoms with E-state index in [0.717, 1.165) is 38.1 Å². The Kier molecular flexibility index (Phi) is 5.18. The molecule has 0 bridgehead atoms. The number of likely N-dealkylation sites (tertiary alicyclic amines) is 1. The molecule has 1 unspecified atom stereocenters. The van der Waals surface area contributed by atoms with Crippen LogP contribution in [0.2, 0.25) is 0 Å². The summed E-state index contributed by atoms with van der Waals surface area (Å²) in [4.78, 5) is 2.14. The molecular formula is C14H22FN3O2S. The lowest BCUT2D eigenvalue weighted by molar-refractivity contribution is 0.175. The fraction of sp³-hybridized carbons (Fsp3) is 0.571. The van der Waals surface area contributed by atoms with Gasteiger partial charge in [0.25, 0.3) is 0 Å². The zero-order valence-corrected chi connectivity index (χ0v) is 13.0. The molecular weight excluding hydrogens is 293 g/mol. The van der Waals surface area contributed by atoms with Crippen LogP contribution in [-0.4, -0.2) is 39.0 Å². The summed E-state index contributed by atoms with van der Waals surface area (Å²) < 4.78 is 40.1. The molecule has 1 fully saturated rings. The molecule has 5 nitrogen and oxygen atoms in total. The number of hydrogen-bond acceptors (Lipinski definition) is 4. The number of nitrogens with two attached hydrogens (primary N) is 1. The summed E-state index contributed by atoms with van der Waals surface area (Å²) in [6, 6.07) is 3.45. The first kappa shape index (κ1) is 16.2. The number of halogens is 1. The van der Waals surface area contributed by atoms with Gasteiger partial charge in [0, 0.05) is 18.3 Å². The Bertz CT molecular complexity index is 566. The van der Waals surface area contributed by atoms with E-state index in [1.807, 2.05) is 6.92 Å². The molecule has 21 heavy (non-hydrogen) atoms. The lowest BCUT2D eigenvalue weighted by atomic mass is 10.1. The first-order valence-electron chi connectivity index (χ1n) is 7.18. The average Bonchev–Trinajstić information content (AvgIpc) is 2.45. The third-order valence-corrected chi connectivity index (χ3v) is 5.19. The van der Waals surface area contributed by atoms with E-state index >= 15 is 0 Å². The van der Waals surface area contributed by atoms with Gasteiger partial charge in [-0.3, -0.25) is 4.90 Å². The Morgan fingerprint density at radius 1 is 1.29 bits per heavy atom. The van der Waals surface area contributed by atoms with Crippen LogP contribution in [0.3, 0.4) is 0 Å². The molecule has 0 aliphatic carbocycles. The highest BCUT2D eigenvalue weighted by Crippen LogP contribution is 2.16. The standard InChI is InChI=1S/C14H22FN3O2S/c1-11(18-5-3-2-4-6-18)10-17-21(19,20)14-8-12(15)7-13(16)9-14/h7-9,11,17H,2-6,10,16H2,1H3. The summed E-state index contributed by atoms with van der Waals surface area (Å²) in [6.07, 6.45) is 3.53. The van der Waals surface area contributed by atoms with E-state index in [1.165, 1.54) is 12.5 Å². The second-order valence-corrected chi connectivity index (χ2v) is 7.28. The molecule has 1 aromatic rings. The normalized spacial score (nSPS) is 18.6. The predicted molar refractivity (Wildman–Crippen MR) is 80.9 cm³/mol. The van der Waals surface area contributed by atoms with Crippen LogP contribution in [0.4, 0.5) is 10.1 Å². The summed E-state index contributed by atoms with van der Waals surface area (Å²) in [5.41, 5.74) is 5.59. The molecule has 7 heteroatoms. The van der Waals surface area contributed by atoms with Crippen molar-refractivity contribution in [1.82, 2.24) is 9.62 Å². The predicted octanol–water partition coefficient (Wildman–Crippen LogP) is 1.56. The number of rotatable bonds is 5. The maximum atomic E-state index is 13.3. The van der Waals surface area contributed by atoms with Gasteiger partial charge in [-0.15, -0.1) is 0 Å². The van der Waals surface area contributed by atoms with E-state index in [4.69, 9.17) is 5.73 Å². The Hall–Kier alpha value is -1.18. The summed E-state index contributed by atoms with van der Waals surface area (Å²) in [5.74, 6) is -0.653. The maximum absolute atomic E-state index is 13.3. The zero-order valence-electron chi connectivity index (χ0n) is 12.2. The molecule has 0 amide bonds. The third-order valence-electron chi connectivity index (χ3n) is 3.79. The van der Waals surface area contributed by atoms with Crippen LogP contribution in [0.5, 0.6) is 0 Å². The maximum Gasteiger partial charge on any atom is 0.240 e. The highest BCUT2D eigenvalue weighted by atomic mass is 32.2. The quantitative estimate of drug-likeness (QED) is 0.809. The molecule has 118 valence electrons. The Balaban J connectivity index is 2.00. The van der Waals surface area contributed by atoms with E-state index in [9.17, 15) is 12.8 Å². The number of hydrogen-bond donors (Lipinski definition) is 2. The van der Waals surface area contributed by atoms with Gasteiger partial charge in [-0.2, -0.15) is 0 Å². The monoisotopic (exact) mass is 315 g/mol. The van der Waals surface area contributed by atoms with Crippen molar-refractivity contribution in [3.63, 3.8) is 0 Å². The van der Waals surface area contributed by atoms with Gasteiger partial charge in [0.05, 0.1) is 4.90 Å². The summed E-state index contributed by atoms with van der Waals surface area (Å²) >= 11 is 0. The molecule has 1 aliphatic rings. The van der Waals surface area contributed by atoms with Gasteiger partial charge in [-0.05, 0) is 51.1 Å². The fourth-order valence-electron chi connectivity index (χ4n) is 2.54. The van der Waals surface area contributed by atoms with Crippen LogP contribution in [0, 0.1) is 5.82 Å². The number of sulfonamides is 1. The summed E-state index contributed by atoms with van der Waals surface area (Å²) in [7, 11) is -3.74. The molecule has 1 aromatic carbocycles. The van der Waals surface area contributed by atoms with E-state index in [2.05, 4.69) is 9.62 Å². The second kappa shape index (κ2) is 6.72. The molecule has 0 spiro atoms. The Morgan fingerprint density at radius 3 is 2.57 bits per heavy atom.